The highest BCUT2D eigenvalue weighted by Gasteiger charge is 2.15. The molecular formula is C23H17ClN2O3S2. The molecule has 0 fully saturated rings. The first kappa shape index (κ1) is 22.6. The van der Waals surface area contributed by atoms with Gasteiger partial charge in [-0.15, -0.1) is 23.1 Å². The number of thioether (sulfide) groups is 1. The Hall–Kier alpha value is -3.05. The van der Waals surface area contributed by atoms with E-state index in [1.54, 1.807) is 41.4 Å². The highest BCUT2D eigenvalue weighted by Crippen LogP contribution is 2.26. The summed E-state index contributed by atoms with van der Waals surface area (Å²) in [5, 5.41) is 14.7. The van der Waals surface area contributed by atoms with E-state index >= 15 is 0 Å². The molecule has 0 aliphatic carbocycles. The molecule has 0 amide bonds. The van der Waals surface area contributed by atoms with Crippen molar-refractivity contribution in [1.29, 1.82) is 5.26 Å². The van der Waals surface area contributed by atoms with Crippen molar-refractivity contribution in [3.8, 4) is 6.07 Å². The zero-order valence-corrected chi connectivity index (χ0v) is 18.8. The van der Waals surface area contributed by atoms with Crippen LogP contribution in [-0.4, -0.2) is 18.9 Å². The number of thiophene rings is 1. The number of benzene rings is 2. The summed E-state index contributed by atoms with van der Waals surface area (Å²) in [5.74, 6) is -0.214. The summed E-state index contributed by atoms with van der Waals surface area (Å²) < 4.78 is 4.73. The van der Waals surface area contributed by atoms with Crippen LogP contribution in [0.2, 0.25) is 5.02 Å². The van der Waals surface area contributed by atoms with E-state index in [1.165, 1.54) is 24.6 Å². The fourth-order valence-corrected chi connectivity index (χ4v) is 4.37. The highest BCUT2D eigenvalue weighted by atomic mass is 35.5. The Morgan fingerprint density at radius 1 is 1.23 bits per heavy atom. The molecule has 1 aromatic heterocycles. The van der Waals surface area contributed by atoms with Crippen LogP contribution in [0, 0.1) is 11.3 Å². The second-order valence-electron chi connectivity index (χ2n) is 6.24. The predicted molar refractivity (Wildman–Crippen MR) is 125 cm³/mol. The number of carbonyl (C=O) groups excluding carboxylic acids is 2. The van der Waals surface area contributed by atoms with Crippen LogP contribution in [-0.2, 0) is 10.5 Å². The van der Waals surface area contributed by atoms with Crippen LogP contribution in [0.15, 0.2) is 76.6 Å². The third-order valence-electron chi connectivity index (χ3n) is 4.18. The molecule has 3 rings (SSSR count). The zero-order chi connectivity index (χ0) is 22.2. The molecule has 2 aromatic carbocycles. The lowest BCUT2D eigenvalue weighted by Gasteiger charge is -2.06. The van der Waals surface area contributed by atoms with Crippen molar-refractivity contribution >= 4 is 52.1 Å². The topological polar surface area (TPSA) is 79.2 Å². The van der Waals surface area contributed by atoms with Crippen LogP contribution in [0.5, 0.6) is 0 Å². The van der Waals surface area contributed by atoms with Crippen molar-refractivity contribution in [2.75, 3.05) is 12.4 Å². The first-order chi connectivity index (χ1) is 15.0. The third-order valence-corrected chi connectivity index (χ3v) is 6.41. The molecular weight excluding hydrogens is 452 g/mol. The molecule has 0 spiro atoms. The summed E-state index contributed by atoms with van der Waals surface area (Å²) in [7, 11) is 1.30. The van der Waals surface area contributed by atoms with Crippen molar-refractivity contribution in [3.63, 3.8) is 0 Å². The number of hydrogen-bond acceptors (Lipinski definition) is 7. The Labute approximate surface area is 193 Å². The predicted octanol–water partition coefficient (Wildman–Crippen LogP) is 6.18. The second-order valence-corrected chi connectivity index (χ2v) is 8.64. The molecule has 1 N–H and O–H groups in total. The molecule has 8 heteroatoms. The molecule has 0 aliphatic heterocycles. The molecule has 0 saturated carbocycles. The van der Waals surface area contributed by atoms with Crippen LogP contribution in [0.3, 0.4) is 0 Å². The second kappa shape index (κ2) is 10.8. The van der Waals surface area contributed by atoms with E-state index in [0.29, 0.717) is 26.9 Å². The van der Waals surface area contributed by atoms with Crippen LogP contribution in [0.1, 0.15) is 25.6 Å². The molecule has 0 bridgehead atoms. The van der Waals surface area contributed by atoms with E-state index in [1.807, 2.05) is 36.4 Å². The lowest BCUT2D eigenvalue weighted by molar-refractivity contribution is 0.0607. The molecule has 0 radical (unpaired) electrons. The molecule has 3 aromatic rings. The van der Waals surface area contributed by atoms with Gasteiger partial charge in [-0.1, -0.05) is 29.8 Å². The van der Waals surface area contributed by atoms with Gasteiger partial charge in [0.15, 0.2) is 0 Å². The number of nitrogens with one attached hydrogen (secondary N) is 1. The lowest BCUT2D eigenvalue weighted by Crippen LogP contribution is -2.06. The van der Waals surface area contributed by atoms with Gasteiger partial charge >= 0.3 is 5.97 Å². The molecule has 31 heavy (non-hydrogen) atoms. The third kappa shape index (κ3) is 5.98. The molecule has 0 unspecified atom stereocenters. The minimum Gasteiger partial charge on any atom is -0.465 e. The average molecular weight is 469 g/mol. The summed E-state index contributed by atoms with van der Waals surface area (Å²) >= 11 is 8.75. The Morgan fingerprint density at radius 3 is 2.71 bits per heavy atom. The standard InChI is InChI=1S/C23H17ClN2O3S2/c1-29-23(28)22-20(9-10-30-22)26-13-17(12-25)21(27)16-4-2-3-15(11-16)14-31-19-7-5-18(24)6-8-19/h2-11,13,26H,14H2,1H3/b17-13-. The van der Waals surface area contributed by atoms with Crippen molar-refractivity contribution in [1.82, 2.24) is 0 Å². The maximum Gasteiger partial charge on any atom is 0.350 e. The maximum absolute atomic E-state index is 12.8. The number of Topliss-reactive ketones (excluding diaryl/α,β-unsaturated/α-hetero) is 1. The number of methoxy groups -OCH3 is 1. The van der Waals surface area contributed by atoms with Crippen molar-refractivity contribution in [3.05, 3.63) is 92.8 Å². The van der Waals surface area contributed by atoms with Gasteiger partial charge in [0.1, 0.15) is 16.5 Å². The Morgan fingerprint density at radius 2 is 2.00 bits per heavy atom. The number of anilines is 1. The minimum atomic E-state index is -0.485. The molecule has 0 saturated heterocycles. The van der Waals surface area contributed by atoms with Gasteiger partial charge < -0.3 is 10.1 Å². The number of carbonyl (C=O) groups is 2. The number of ketones is 1. The van der Waals surface area contributed by atoms with E-state index in [-0.39, 0.29) is 5.57 Å². The first-order valence-electron chi connectivity index (χ1n) is 9.06. The normalized spacial score (nSPS) is 10.9. The molecule has 0 atom stereocenters. The molecule has 1 heterocycles. The lowest BCUT2D eigenvalue weighted by atomic mass is 10.0. The van der Waals surface area contributed by atoms with Gasteiger partial charge in [-0.25, -0.2) is 4.79 Å². The summed E-state index contributed by atoms with van der Waals surface area (Å²) in [5.41, 5.74) is 1.79. The summed E-state index contributed by atoms with van der Waals surface area (Å²) in [6.45, 7) is 0. The van der Waals surface area contributed by atoms with Crippen molar-refractivity contribution in [2.24, 2.45) is 0 Å². The minimum absolute atomic E-state index is 0.0653. The zero-order valence-electron chi connectivity index (χ0n) is 16.4. The van der Waals surface area contributed by atoms with Crippen molar-refractivity contribution < 1.29 is 14.3 Å². The molecule has 0 aliphatic rings. The van der Waals surface area contributed by atoms with Crippen LogP contribution < -0.4 is 5.32 Å². The van der Waals surface area contributed by atoms with Gasteiger partial charge in [0, 0.05) is 27.4 Å². The van der Waals surface area contributed by atoms with Crippen LogP contribution in [0.4, 0.5) is 5.69 Å². The van der Waals surface area contributed by atoms with Gasteiger partial charge in [-0.2, -0.15) is 5.26 Å². The Kier molecular flexibility index (Phi) is 7.90. The van der Waals surface area contributed by atoms with E-state index in [2.05, 4.69) is 5.32 Å². The fourth-order valence-electron chi connectivity index (χ4n) is 2.63. The quantitative estimate of drug-likeness (QED) is 0.140. The summed E-state index contributed by atoms with van der Waals surface area (Å²) in [4.78, 5) is 26.0. The monoisotopic (exact) mass is 468 g/mol. The Balaban J connectivity index is 1.72. The number of rotatable bonds is 8. The largest absolute Gasteiger partial charge is 0.465 e. The smallest absolute Gasteiger partial charge is 0.350 e. The fraction of sp³-hybridized carbons (Fsp3) is 0.0870. The van der Waals surface area contributed by atoms with Gasteiger partial charge in [0.2, 0.25) is 5.78 Å². The first-order valence-corrected chi connectivity index (χ1v) is 11.3. The number of esters is 1. The maximum atomic E-state index is 12.8. The number of nitriles is 1. The van der Waals surface area contributed by atoms with Gasteiger partial charge in [0.25, 0.3) is 0 Å². The SMILES string of the molecule is COC(=O)c1sccc1N/C=C(/C#N)C(=O)c1cccc(CSc2ccc(Cl)cc2)c1. The molecule has 156 valence electrons. The number of nitrogens with zero attached hydrogens (tertiary/aromatic N) is 1. The van der Waals surface area contributed by atoms with Gasteiger partial charge in [0.05, 0.1) is 12.8 Å². The number of ether oxygens (including phenoxy) is 1. The van der Waals surface area contributed by atoms with Crippen LogP contribution in [0.25, 0.3) is 0 Å². The number of hydrogen-bond donors (Lipinski definition) is 1. The van der Waals surface area contributed by atoms with Gasteiger partial charge in [-0.05, 0) is 47.3 Å². The number of allylic oxidation sites excluding steroid dienone is 1. The summed E-state index contributed by atoms with van der Waals surface area (Å²) in [6.07, 6.45) is 1.31. The summed E-state index contributed by atoms with van der Waals surface area (Å²) in [6, 6.07) is 18.3. The van der Waals surface area contributed by atoms with Crippen molar-refractivity contribution in [2.45, 2.75) is 10.6 Å². The van der Waals surface area contributed by atoms with Gasteiger partial charge in [-0.3, -0.25) is 4.79 Å². The average Bonchev–Trinajstić information content (AvgIpc) is 3.27. The van der Waals surface area contributed by atoms with E-state index < -0.39 is 11.8 Å². The molecule has 5 nitrogen and oxygen atoms in total. The Bertz CT molecular complexity index is 1160. The van der Waals surface area contributed by atoms with Crippen LogP contribution >= 0.6 is 34.7 Å². The van der Waals surface area contributed by atoms with E-state index in [0.717, 1.165) is 10.5 Å². The van der Waals surface area contributed by atoms with E-state index in [9.17, 15) is 14.9 Å². The van der Waals surface area contributed by atoms with E-state index in [4.69, 9.17) is 16.3 Å². The highest BCUT2D eigenvalue weighted by molar-refractivity contribution is 7.98. The number of halogens is 1.